The summed E-state index contributed by atoms with van der Waals surface area (Å²) in [4.78, 5) is 36.3. The molecule has 3 aromatic rings. The van der Waals surface area contributed by atoms with E-state index in [4.69, 9.17) is 38.3 Å². The summed E-state index contributed by atoms with van der Waals surface area (Å²) in [5, 5.41) is 8.70. The molecule has 0 amide bonds. The van der Waals surface area contributed by atoms with Gasteiger partial charge in [0.2, 0.25) is 0 Å². The maximum absolute atomic E-state index is 12.8. The quantitative estimate of drug-likeness (QED) is 0.0772. The Bertz CT molecular complexity index is 1370. The Kier molecular flexibility index (Phi) is 14.9. The van der Waals surface area contributed by atoms with Crippen LogP contribution in [0.1, 0.15) is 46.4 Å². The van der Waals surface area contributed by atoms with E-state index in [9.17, 15) is 14.4 Å². The molecule has 1 N–H and O–H groups in total. The van der Waals surface area contributed by atoms with Gasteiger partial charge < -0.3 is 38.3 Å². The minimum atomic E-state index is -0.594. The normalized spacial score (nSPS) is 10.4. The van der Waals surface area contributed by atoms with Gasteiger partial charge in [-0.3, -0.25) is 0 Å². The molecule has 0 aliphatic carbocycles. The number of hydrogen-bond acceptors (Lipinski definition) is 11. The molecule has 0 aliphatic heterocycles. The molecule has 11 heteroatoms. The van der Waals surface area contributed by atoms with Crippen LogP contribution in [-0.4, -0.2) is 69.8 Å². The van der Waals surface area contributed by atoms with Crippen LogP contribution in [0.2, 0.25) is 0 Å². The number of methoxy groups -OCH3 is 1. The van der Waals surface area contributed by atoms with Gasteiger partial charge >= 0.3 is 17.9 Å². The Morgan fingerprint density at radius 1 is 0.667 bits per heavy atom. The van der Waals surface area contributed by atoms with E-state index >= 15 is 0 Å². The van der Waals surface area contributed by atoms with E-state index in [1.54, 1.807) is 42.5 Å². The van der Waals surface area contributed by atoms with Crippen LogP contribution < -0.4 is 23.7 Å². The van der Waals surface area contributed by atoms with E-state index in [0.29, 0.717) is 49.2 Å². The summed E-state index contributed by atoms with van der Waals surface area (Å²) in [5.74, 6) is 0.449. The largest absolute Gasteiger partial charge is 0.493 e. The van der Waals surface area contributed by atoms with E-state index in [-0.39, 0.29) is 30.3 Å². The lowest BCUT2D eigenvalue weighted by Crippen LogP contribution is -2.10. The monoisotopic (exact) mass is 622 g/mol. The van der Waals surface area contributed by atoms with Crippen molar-refractivity contribution in [1.29, 1.82) is 0 Å². The molecule has 3 rings (SSSR count). The molecular formula is C34H38O11. The Morgan fingerprint density at radius 2 is 1.27 bits per heavy atom. The molecular weight excluding hydrogens is 584 g/mol. The number of rotatable bonds is 20. The van der Waals surface area contributed by atoms with Gasteiger partial charge in [0.25, 0.3) is 0 Å². The van der Waals surface area contributed by atoms with Crippen molar-refractivity contribution in [3.05, 3.63) is 90.5 Å². The highest BCUT2D eigenvalue weighted by molar-refractivity contribution is 5.92. The predicted octanol–water partition coefficient (Wildman–Crippen LogP) is 5.19. The van der Waals surface area contributed by atoms with Gasteiger partial charge in [-0.1, -0.05) is 6.58 Å². The highest BCUT2D eigenvalue weighted by Crippen LogP contribution is 2.29. The van der Waals surface area contributed by atoms with E-state index in [2.05, 4.69) is 6.58 Å². The molecule has 0 bridgehead atoms. The molecule has 240 valence electrons. The fourth-order valence-corrected chi connectivity index (χ4v) is 3.87. The van der Waals surface area contributed by atoms with Crippen LogP contribution in [0, 0.1) is 0 Å². The van der Waals surface area contributed by atoms with Crippen molar-refractivity contribution in [3.8, 4) is 28.7 Å². The molecule has 3 aromatic carbocycles. The van der Waals surface area contributed by atoms with Crippen molar-refractivity contribution >= 4 is 17.9 Å². The molecule has 0 saturated carbocycles. The van der Waals surface area contributed by atoms with Crippen molar-refractivity contribution in [2.24, 2.45) is 0 Å². The number of ether oxygens (including phenoxy) is 7. The maximum atomic E-state index is 12.8. The average Bonchev–Trinajstić information content (AvgIpc) is 3.06. The standard InChI is InChI=1S/C34H38O11/c1-3-32(36)43-20-7-5-4-6-19-42-30-17-10-26(24-31(30)39-2)34(38)45-29-15-13-28(14-16-29)44-33(37)25-8-11-27(12-9-25)41-23-22-40-21-18-35/h3,8-17,24,35H,1,4-7,18-23H2,2H3. The van der Waals surface area contributed by atoms with Gasteiger partial charge in [0.1, 0.15) is 23.9 Å². The van der Waals surface area contributed by atoms with Gasteiger partial charge in [-0.25, -0.2) is 14.4 Å². The van der Waals surface area contributed by atoms with Crippen LogP contribution in [0.5, 0.6) is 28.7 Å². The van der Waals surface area contributed by atoms with Gasteiger partial charge in [0.15, 0.2) is 11.5 Å². The second-order valence-corrected chi connectivity index (χ2v) is 9.46. The van der Waals surface area contributed by atoms with E-state index < -0.39 is 17.9 Å². The average molecular weight is 623 g/mol. The first-order chi connectivity index (χ1) is 21.9. The number of unbranched alkanes of at least 4 members (excludes halogenated alkanes) is 3. The summed E-state index contributed by atoms with van der Waals surface area (Å²) in [6.45, 7) is 5.05. The predicted molar refractivity (Wildman–Crippen MR) is 164 cm³/mol. The zero-order valence-electron chi connectivity index (χ0n) is 25.2. The number of hydrogen-bond donors (Lipinski definition) is 1. The molecule has 0 aliphatic rings. The molecule has 0 radical (unpaired) electrons. The smallest absolute Gasteiger partial charge is 0.343 e. The lowest BCUT2D eigenvalue weighted by molar-refractivity contribution is -0.137. The van der Waals surface area contributed by atoms with Crippen molar-refractivity contribution < 1.29 is 52.6 Å². The van der Waals surface area contributed by atoms with Crippen molar-refractivity contribution in [2.45, 2.75) is 25.7 Å². The van der Waals surface area contributed by atoms with Crippen LogP contribution in [0.15, 0.2) is 79.4 Å². The zero-order chi connectivity index (χ0) is 32.3. The Hall–Kier alpha value is -4.87. The van der Waals surface area contributed by atoms with E-state index in [1.165, 1.54) is 31.4 Å². The van der Waals surface area contributed by atoms with Gasteiger partial charge in [0.05, 0.1) is 51.3 Å². The third kappa shape index (κ3) is 12.3. The molecule has 0 aromatic heterocycles. The summed E-state index contributed by atoms with van der Waals surface area (Å²) in [5.41, 5.74) is 0.605. The minimum Gasteiger partial charge on any atom is -0.493 e. The first kappa shape index (κ1) is 34.6. The molecule has 0 spiro atoms. The van der Waals surface area contributed by atoms with Crippen LogP contribution in [-0.2, 0) is 14.3 Å². The number of carbonyl (C=O) groups excluding carboxylic acids is 3. The second kappa shape index (κ2) is 19.4. The number of benzene rings is 3. The van der Waals surface area contributed by atoms with Gasteiger partial charge in [-0.2, -0.15) is 0 Å². The Morgan fingerprint density at radius 3 is 1.89 bits per heavy atom. The summed E-state index contributed by atoms with van der Waals surface area (Å²) in [7, 11) is 1.49. The Labute approximate surface area is 262 Å². The molecule has 0 fully saturated rings. The molecule has 0 saturated heterocycles. The first-order valence-electron chi connectivity index (χ1n) is 14.5. The fraction of sp³-hybridized carbons (Fsp3) is 0.324. The van der Waals surface area contributed by atoms with Crippen LogP contribution >= 0.6 is 0 Å². The van der Waals surface area contributed by atoms with E-state index in [0.717, 1.165) is 31.8 Å². The first-order valence-corrected chi connectivity index (χ1v) is 14.5. The molecule has 0 heterocycles. The van der Waals surface area contributed by atoms with Crippen molar-refractivity contribution in [1.82, 2.24) is 0 Å². The molecule has 0 unspecified atom stereocenters. The lowest BCUT2D eigenvalue weighted by atomic mass is 10.2. The summed E-state index contributed by atoms with van der Waals surface area (Å²) in [6, 6.07) is 17.3. The summed E-state index contributed by atoms with van der Waals surface area (Å²) < 4.78 is 37.7. The number of esters is 3. The third-order valence-corrected chi connectivity index (χ3v) is 6.17. The highest BCUT2D eigenvalue weighted by atomic mass is 16.5. The number of aliphatic hydroxyl groups excluding tert-OH is 1. The van der Waals surface area contributed by atoms with E-state index in [1.807, 2.05) is 0 Å². The molecule has 11 nitrogen and oxygen atoms in total. The SMILES string of the molecule is C=CC(=O)OCCCCCCOc1ccc(C(=O)Oc2ccc(OC(=O)c3ccc(OCCOCCO)cc3)cc2)cc1OC. The number of aliphatic hydroxyl groups is 1. The third-order valence-electron chi connectivity index (χ3n) is 6.17. The minimum absolute atomic E-state index is 0.0464. The highest BCUT2D eigenvalue weighted by Gasteiger charge is 2.14. The van der Waals surface area contributed by atoms with Crippen LogP contribution in [0.3, 0.4) is 0 Å². The fourth-order valence-electron chi connectivity index (χ4n) is 3.87. The molecule has 45 heavy (non-hydrogen) atoms. The summed E-state index contributed by atoms with van der Waals surface area (Å²) >= 11 is 0. The number of carbonyl (C=O) groups is 3. The summed E-state index contributed by atoms with van der Waals surface area (Å²) in [6.07, 6.45) is 4.52. The van der Waals surface area contributed by atoms with Gasteiger partial charge in [-0.15, -0.1) is 0 Å². The Balaban J connectivity index is 1.43. The molecule has 0 atom stereocenters. The topological polar surface area (TPSA) is 136 Å². The van der Waals surface area contributed by atoms with Crippen LogP contribution in [0.25, 0.3) is 0 Å². The lowest BCUT2D eigenvalue weighted by Gasteiger charge is -2.12. The zero-order valence-corrected chi connectivity index (χ0v) is 25.2. The second-order valence-electron chi connectivity index (χ2n) is 9.46. The van der Waals surface area contributed by atoms with Crippen molar-refractivity contribution in [2.75, 3.05) is 46.8 Å². The van der Waals surface area contributed by atoms with Gasteiger partial charge in [-0.05, 0) is 92.4 Å². The van der Waals surface area contributed by atoms with Gasteiger partial charge in [0, 0.05) is 6.08 Å². The van der Waals surface area contributed by atoms with Crippen LogP contribution in [0.4, 0.5) is 0 Å². The van der Waals surface area contributed by atoms with Crippen molar-refractivity contribution in [3.63, 3.8) is 0 Å². The maximum Gasteiger partial charge on any atom is 0.343 e.